The number of hydrogen-bond acceptors (Lipinski definition) is 5. The maximum Gasteiger partial charge on any atom is 0.417 e. The van der Waals surface area contributed by atoms with Gasteiger partial charge in [-0.1, -0.05) is 29.3 Å². The van der Waals surface area contributed by atoms with Crippen molar-refractivity contribution < 1.29 is 32.2 Å². The van der Waals surface area contributed by atoms with Crippen molar-refractivity contribution in [3.63, 3.8) is 0 Å². The van der Waals surface area contributed by atoms with Crippen molar-refractivity contribution in [1.82, 2.24) is 4.98 Å². The Morgan fingerprint density at radius 2 is 1.86 bits per heavy atom. The van der Waals surface area contributed by atoms with Gasteiger partial charge in [0.1, 0.15) is 6.10 Å². The van der Waals surface area contributed by atoms with Gasteiger partial charge in [-0.2, -0.15) is 13.2 Å². The molecule has 1 aromatic carbocycles. The third kappa shape index (κ3) is 6.08. The second-order valence-electron chi connectivity index (χ2n) is 5.97. The Morgan fingerprint density at radius 3 is 2.45 bits per heavy atom. The predicted octanol–water partition coefficient (Wildman–Crippen LogP) is 5.57. The number of pyridine rings is 1. The van der Waals surface area contributed by atoms with E-state index < -0.39 is 29.8 Å². The quantitative estimate of drug-likeness (QED) is 0.539. The number of carbonyl (C=O) groups excluding carboxylic acids is 2. The maximum atomic E-state index is 12.8. The third-order valence-corrected chi connectivity index (χ3v) is 4.31. The van der Waals surface area contributed by atoms with Gasteiger partial charge in [0.05, 0.1) is 39.9 Å². The fourth-order valence-electron chi connectivity index (χ4n) is 2.38. The molecule has 0 saturated heterocycles. The van der Waals surface area contributed by atoms with E-state index in [4.69, 9.17) is 32.7 Å². The van der Waals surface area contributed by atoms with Crippen LogP contribution in [0.15, 0.2) is 30.5 Å². The van der Waals surface area contributed by atoms with Crippen LogP contribution >= 0.6 is 23.2 Å². The summed E-state index contributed by atoms with van der Waals surface area (Å²) in [7, 11) is 0. The molecule has 0 amide bonds. The van der Waals surface area contributed by atoms with E-state index in [-0.39, 0.29) is 39.9 Å². The van der Waals surface area contributed by atoms with Crippen LogP contribution in [0.3, 0.4) is 0 Å². The standard InChI is InChI=1S/C19H16Cl2F3NO4/c1-3-28-16(26)6-10(2)29-18(27)13-7-11(4-5-14(13)20)17-15(21)8-12(9-25-17)19(22,23)24/h4-5,7-10H,3,6H2,1-2H3. The summed E-state index contributed by atoms with van der Waals surface area (Å²) in [5.74, 6) is -1.33. The number of aromatic nitrogens is 1. The van der Waals surface area contributed by atoms with Crippen molar-refractivity contribution in [2.24, 2.45) is 0 Å². The smallest absolute Gasteiger partial charge is 0.417 e. The highest BCUT2D eigenvalue weighted by Crippen LogP contribution is 2.35. The van der Waals surface area contributed by atoms with Gasteiger partial charge < -0.3 is 9.47 Å². The van der Waals surface area contributed by atoms with E-state index in [1.807, 2.05) is 0 Å². The number of rotatable bonds is 6. The van der Waals surface area contributed by atoms with E-state index >= 15 is 0 Å². The SMILES string of the molecule is CCOC(=O)CC(C)OC(=O)c1cc(-c2ncc(C(F)(F)F)cc2Cl)ccc1Cl. The van der Waals surface area contributed by atoms with E-state index in [1.165, 1.54) is 25.1 Å². The monoisotopic (exact) mass is 449 g/mol. The summed E-state index contributed by atoms with van der Waals surface area (Å²) >= 11 is 12.0. The van der Waals surface area contributed by atoms with Gasteiger partial charge in [0.25, 0.3) is 0 Å². The summed E-state index contributed by atoms with van der Waals surface area (Å²) in [5, 5.41) is -0.178. The number of benzene rings is 1. The van der Waals surface area contributed by atoms with Gasteiger partial charge in [-0.05, 0) is 32.0 Å². The Kier molecular flexibility index (Phi) is 7.48. The summed E-state index contributed by atoms with van der Waals surface area (Å²) in [4.78, 5) is 27.6. The van der Waals surface area contributed by atoms with Crippen LogP contribution in [-0.4, -0.2) is 29.6 Å². The van der Waals surface area contributed by atoms with Crippen molar-refractivity contribution >= 4 is 35.1 Å². The van der Waals surface area contributed by atoms with E-state index in [0.717, 1.165) is 6.07 Å². The fraction of sp³-hybridized carbons (Fsp3) is 0.316. The third-order valence-electron chi connectivity index (χ3n) is 3.70. The summed E-state index contributed by atoms with van der Waals surface area (Å²) < 4.78 is 48.3. The molecule has 0 bridgehead atoms. The molecule has 1 unspecified atom stereocenters. The molecule has 10 heteroatoms. The number of esters is 2. The molecule has 0 spiro atoms. The number of nitrogens with zero attached hydrogens (tertiary/aromatic N) is 1. The minimum absolute atomic E-state index is 0.0439. The van der Waals surface area contributed by atoms with Gasteiger partial charge in [-0.25, -0.2) is 4.79 Å². The average Bonchev–Trinajstić information content (AvgIpc) is 2.61. The minimum atomic E-state index is -4.58. The lowest BCUT2D eigenvalue weighted by Crippen LogP contribution is -2.20. The Hall–Kier alpha value is -2.32. The molecule has 29 heavy (non-hydrogen) atoms. The molecule has 0 aliphatic carbocycles. The Balaban J connectivity index is 2.26. The highest BCUT2D eigenvalue weighted by Gasteiger charge is 2.31. The molecule has 0 N–H and O–H groups in total. The van der Waals surface area contributed by atoms with Crippen LogP contribution in [0.25, 0.3) is 11.3 Å². The molecule has 0 aliphatic heterocycles. The molecule has 1 atom stereocenters. The highest BCUT2D eigenvalue weighted by atomic mass is 35.5. The molecule has 5 nitrogen and oxygen atoms in total. The first kappa shape index (κ1) is 23.0. The average molecular weight is 450 g/mol. The van der Waals surface area contributed by atoms with E-state index in [1.54, 1.807) is 6.92 Å². The predicted molar refractivity (Wildman–Crippen MR) is 101 cm³/mol. The van der Waals surface area contributed by atoms with Crippen LogP contribution in [0.5, 0.6) is 0 Å². The number of hydrogen-bond donors (Lipinski definition) is 0. The van der Waals surface area contributed by atoms with Crippen LogP contribution in [-0.2, 0) is 20.4 Å². The Morgan fingerprint density at radius 1 is 1.17 bits per heavy atom. The number of alkyl halides is 3. The van der Waals surface area contributed by atoms with Crippen molar-refractivity contribution in [2.45, 2.75) is 32.5 Å². The molecule has 1 heterocycles. The molecule has 2 aromatic rings. The zero-order valence-corrected chi connectivity index (χ0v) is 16.9. The zero-order chi connectivity index (χ0) is 21.8. The molecule has 0 saturated carbocycles. The number of carbonyl (C=O) groups is 2. The summed E-state index contributed by atoms with van der Waals surface area (Å²) in [5.41, 5.74) is -0.714. The van der Waals surface area contributed by atoms with Crippen LogP contribution in [0.2, 0.25) is 10.0 Å². The van der Waals surface area contributed by atoms with E-state index in [2.05, 4.69) is 4.98 Å². The fourth-order valence-corrected chi connectivity index (χ4v) is 2.85. The van der Waals surface area contributed by atoms with Gasteiger partial charge in [0, 0.05) is 11.8 Å². The minimum Gasteiger partial charge on any atom is -0.466 e. The normalized spacial score (nSPS) is 12.4. The van der Waals surface area contributed by atoms with Crippen molar-refractivity contribution in [3.05, 3.63) is 51.6 Å². The molecule has 0 aliphatic rings. The van der Waals surface area contributed by atoms with Crippen LogP contribution < -0.4 is 0 Å². The van der Waals surface area contributed by atoms with Gasteiger partial charge in [0.15, 0.2) is 0 Å². The Bertz CT molecular complexity index is 919. The first-order valence-electron chi connectivity index (χ1n) is 8.42. The topological polar surface area (TPSA) is 65.5 Å². The molecule has 2 rings (SSSR count). The summed E-state index contributed by atoms with van der Waals surface area (Å²) in [6.07, 6.45) is -4.84. The van der Waals surface area contributed by atoms with Crippen LogP contribution in [0.4, 0.5) is 13.2 Å². The van der Waals surface area contributed by atoms with Gasteiger partial charge in [-0.15, -0.1) is 0 Å². The summed E-state index contributed by atoms with van der Waals surface area (Å²) in [6.45, 7) is 3.37. The first-order chi connectivity index (χ1) is 13.5. The van der Waals surface area contributed by atoms with Gasteiger partial charge in [0.2, 0.25) is 0 Å². The lowest BCUT2D eigenvalue weighted by atomic mass is 10.1. The first-order valence-corrected chi connectivity index (χ1v) is 9.17. The largest absolute Gasteiger partial charge is 0.466 e. The zero-order valence-electron chi connectivity index (χ0n) is 15.3. The molecule has 1 aromatic heterocycles. The highest BCUT2D eigenvalue weighted by molar-refractivity contribution is 6.34. The lowest BCUT2D eigenvalue weighted by molar-refractivity contribution is -0.145. The van der Waals surface area contributed by atoms with Gasteiger partial charge in [-0.3, -0.25) is 9.78 Å². The number of halogens is 5. The molecule has 0 fully saturated rings. The van der Waals surface area contributed by atoms with Crippen molar-refractivity contribution in [3.8, 4) is 11.3 Å². The van der Waals surface area contributed by atoms with Gasteiger partial charge >= 0.3 is 18.1 Å². The second-order valence-corrected chi connectivity index (χ2v) is 6.79. The molecular weight excluding hydrogens is 434 g/mol. The van der Waals surface area contributed by atoms with Crippen LogP contribution in [0, 0.1) is 0 Å². The number of ether oxygens (including phenoxy) is 2. The summed E-state index contributed by atoms with van der Waals surface area (Å²) in [6, 6.07) is 4.89. The van der Waals surface area contributed by atoms with E-state index in [0.29, 0.717) is 6.20 Å². The van der Waals surface area contributed by atoms with Crippen LogP contribution in [0.1, 0.15) is 36.2 Å². The Labute approximate surface area is 174 Å². The maximum absolute atomic E-state index is 12.8. The molecule has 156 valence electrons. The van der Waals surface area contributed by atoms with Crippen molar-refractivity contribution in [2.75, 3.05) is 6.61 Å². The molecular formula is C19H16Cl2F3NO4. The second kappa shape index (κ2) is 9.45. The van der Waals surface area contributed by atoms with Crippen molar-refractivity contribution in [1.29, 1.82) is 0 Å². The molecule has 0 radical (unpaired) electrons. The van der Waals surface area contributed by atoms with E-state index in [9.17, 15) is 22.8 Å². The lowest BCUT2D eigenvalue weighted by Gasteiger charge is -2.14.